The van der Waals surface area contributed by atoms with Crippen LogP contribution in [-0.2, 0) is 43.6 Å². The van der Waals surface area contributed by atoms with Crippen molar-refractivity contribution in [3.63, 3.8) is 0 Å². The Bertz CT molecular complexity index is 4950. The maximum Gasteiger partial charge on any atom is 0.166 e. The predicted molar refractivity (Wildman–Crippen MR) is 495 cm³/mol. The molecule has 16 rings (SSSR count). The van der Waals surface area contributed by atoms with E-state index in [0.29, 0.717) is 0 Å². The van der Waals surface area contributed by atoms with Crippen molar-refractivity contribution < 1.29 is 32.5 Å². The molecule has 0 bridgehead atoms. The Morgan fingerprint density at radius 2 is 0.347 bits per heavy atom. The van der Waals surface area contributed by atoms with Crippen molar-refractivity contribution in [1.29, 1.82) is 0 Å². The molecule has 0 unspecified atom stereocenters. The summed E-state index contributed by atoms with van der Waals surface area (Å²) in [5.74, 6) is 6.00. The van der Waals surface area contributed by atoms with Gasteiger partial charge in [0, 0.05) is 9.79 Å². The zero-order chi connectivity index (χ0) is 78.8. The van der Waals surface area contributed by atoms with E-state index in [1.165, 1.54) is 100 Å². The van der Waals surface area contributed by atoms with Crippen molar-refractivity contribution in [2.45, 2.75) is 126 Å². The molecule has 0 aliphatic heterocycles. The Morgan fingerprint density at radius 1 is 0.186 bits per heavy atom. The lowest BCUT2D eigenvalue weighted by Crippen LogP contribution is -2.05. The molecule has 0 aromatic heterocycles. The van der Waals surface area contributed by atoms with Crippen LogP contribution in [0.3, 0.4) is 0 Å². The molecule has 0 saturated carbocycles. The number of para-hydroxylation sites is 3. The van der Waals surface area contributed by atoms with Gasteiger partial charge in [0.1, 0.15) is 57.6 Å². The minimum atomic E-state index is -0.475. The van der Waals surface area contributed by atoms with E-state index in [0.717, 1.165) is 60.7 Å². The Kier molecular flexibility index (Phi) is 34.8. The predicted octanol–water partition coefficient (Wildman–Crippen LogP) is 30.7. The molecule has 0 spiro atoms. The Morgan fingerprint density at radius 3 is 0.559 bits per heavy atom. The minimum absolute atomic E-state index is 0. The highest BCUT2D eigenvalue weighted by Crippen LogP contribution is 2.40. The SMILES string of the molecule is C.C.C.C.COc1ccc([S+](c2ccc(OC)cc2)c2ccc(Oc3ccccc3)cc2)cc1.Cc1ccc([S+](c2ccc(C)cc2)c2ccc(Oc3ccccc3)cc2)cc1.Cc1ccc([S+](c2ccc(C)cc2)c2ccc(Sc3ccccc3)cc2)cc1.Fc1ccc([S+](c2ccc(F)cc2)c2ccc(Oc3ccccc3)cc2)cc1. The van der Waals surface area contributed by atoms with Crippen LogP contribution in [0.25, 0.3) is 0 Å². The summed E-state index contributed by atoms with van der Waals surface area (Å²) < 4.78 is 55.2. The maximum atomic E-state index is 13.4. The summed E-state index contributed by atoms with van der Waals surface area (Å²) in [5, 5.41) is 0. The van der Waals surface area contributed by atoms with Gasteiger partial charge in [0.05, 0.1) is 57.8 Å². The summed E-state index contributed by atoms with van der Waals surface area (Å²) in [5.41, 5.74) is 5.15. The molecule has 0 aliphatic carbocycles. The molecule has 12 heteroatoms. The highest BCUT2D eigenvalue weighted by Gasteiger charge is 2.33. The average molecular weight is 1650 g/mol. The summed E-state index contributed by atoms with van der Waals surface area (Å²) in [6.07, 6.45) is 0. The largest absolute Gasteiger partial charge is 0.497 e. The molecule has 5 nitrogen and oxygen atoms in total. The third-order valence-electron chi connectivity index (χ3n) is 17.9. The summed E-state index contributed by atoms with van der Waals surface area (Å²) in [6.45, 7) is 8.54. The van der Waals surface area contributed by atoms with Gasteiger partial charge in [0.2, 0.25) is 0 Å². The first-order valence-electron chi connectivity index (χ1n) is 37.2. The highest BCUT2D eigenvalue weighted by molar-refractivity contribution is 7.99. The van der Waals surface area contributed by atoms with E-state index in [1.54, 1.807) is 50.2 Å². The van der Waals surface area contributed by atoms with E-state index in [1.807, 2.05) is 152 Å². The highest BCUT2D eigenvalue weighted by atomic mass is 32.2. The second kappa shape index (κ2) is 45.6. The number of benzene rings is 16. The van der Waals surface area contributed by atoms with Crippen molar-refractivity contribution >= 4 is 55.3 Å². The first-order valence-corrected chi connectivity index (χ1v) is 42.9. The number of rotatable bonds is 22. The first kappa shape index (κ1) is 90.1. The van der Waals surface area contributed by atoms with Gasteiger partial charge in [-0.05, 0) is 319 Å². The molecule has 0 atom stereocenters. The maximum absolute atomic E-state index is 13.4. The zero-order valence-corrected chi connectivity index (χ0v) is 68.2. The summed E-state index contributed by atoms with van der Waals surface area (Å²) in [6, 6.07) is 139. The quantitative estimate of drug-likeness (QED) is 0.0630. The Labute approximate surface area is 714 Å². The van der Waals surface area contributed by atoms with Crippen LogP contribution in [-0.4, -0.2) is 14.2 Å². The minimum Gasteiger partial charge on any atom is -0.497 e. The first-order chi connectivity index (χ1) is 55.8. The molecule has 0 N–H and O–H groups in total. The standard InChI is InChI=1S/C26H23O3S.C26H23OS.C26H23S2.C24H17F2OS.4CH4/c1-27-20-8-14-24(15-9-20)30(25-16-10-21(28-2)11-17-25)26-18-12-23(13-19-26)29-22-6-4-3-5-7-22;2*1-20-8-14-24(15-9-20)28(25-16-10-21(2)11-17-25)26-18-12-23(13-19-26)27-22-6-4-3-5-7-22;25-18-6-12-22(13-7-18)28(23-14-8-19(26)9-15-23)24-16-10-21(11-17-24)27-20-4-2-1-3-5-20;;;;/h3-19H,1-2H3;2*3-19H,1-2H3;1-17H;4*1H4/q4*+1;;;;. The second-order valence-electron chi connectivity index (χ2n) is 26.3. The van der Waals surface area contributed by atoms with Crippen LogP contribution in [0.4, 0.5) is 8.78 Å². The zero-order valence-electron chi connectivity index (χ0n) is 64.1. The number of hydrogen-bond acceptors (Lipinski definition) is 6. The van der Waals surface area contributed by atoms with E-state index >= 15 is 0 Å². The van der Waals surface area contributed by atoms with Crippen molar-refractivity contribution in [1.82, 2.24) is 0 Å². The van der Waals surface area contributed by atoms with Gasteiger partial charge in [-0.25, -0.2) is 8.78 Å². The van der Waals surface area contributed by atoms with Crippen LogP contribution in [0.2, 0.25) is 0 Å². The Balaban J connectivity index is 0.000000177. The van der Waals surface area contributed by atoms with Gasteiger partial charge in [-0.15, -0.1) is 0 Å². The second-order valence-corrected chi connectivity index (χ2v) is 35.5. The number of hydrogen-bond donors (Lipinski definition) is 0. The molecule has 16 aromatic rings. The molecule has 0 heterocycles. The molecule has 0 saturated heterocycles. The van der Waals surface area contributed by atoms with Crippen LogP contribution < -0.4 is 23.7 Å². The van der Waals surface area contributed by atoms with E-state index < -0.39 is 10.9 Å². The van der Waals surface area contributed by atoms with Gasteiger partial charge in [0.15, 0.2) is 58.7 Å². The van der Waals surface area contributed by atoms with Gasteiger partial charge >= 0.3 is 0 Å². The summed E-state index contributed by atoms with van der Waals surface area (Å²) in [7, 11) is 2.40. The fourth-order valence-corrected chi connectivity index (χ4v) is 21.0. The summed E-state index contributed by atoms with van der Waals surface area (Å²) in [4.78, 5) is 17.2. The monoisotopic (exact) mass is 1650 g/mol. The Hall–Kier alpha value is -11.9. The van der Waals surface area contributed by atoms with E-state index in [2.05, 4.69) is 240 Å². The summed E-state index contributed by atoms with van der Waals surface area (Å²) >= 11 is 1.81. The van der Waals surface area contributed by atoms with Crippen molar-refractivity contribution in [3.8, 4) is 46.0 Å². The van der Waals surface area contributed by atoms with E-state index in [-0.39, 0.29) is 74.0 Å². The fraction of sp³-hybridized carbons (Fsp3) is 0.0943. The molecule has 0 amide bonds. The number of ether oxygens (including phenoxy) is 5. The molecule has 0 fully saturated rings. The molecule has 0 radical (unpaired) electrons. The van der Waals surface area contributed by atoms with Crippen LogP contribution in [0.1, 0.15) is 52.0 Å². The molecule has 118 heavy (non-hydrogen) atoms. The molecule has 0 aliphatic rings. The van der Waals surface area contributed by atoms with Crippen molar-refractivity contribution in [3.05, 3.63) is 446 Å². The fourth-order valence-electron chi connectivity index (χ4n) is 12.0. The average Bonchev–Trinajstić information content (AvgIpc) is 0.820. The number of aryl methyl sites for hydroxylation is 4. The normalized spacial score (nSPS) is 10.4. The van der Waals surface area contributed by atoms with Gasteiger partial charge in [-0.1, -0.05) is 185 Å². The molecular formula is C106H102F2O5S5+4. The lowest BCUT2D eigenvalue weighted by Gasteiger charge is -2.10. The van der Waals surface area contributed by atoms with Gasteiger partial charge < -0.3 is 23.7 Å². The topological polar surface area (TPSA) is 46.2 Å². The van der Waals surface area contributed by atoms with Gasteiger partial charge in [-0.2, -0.15) is 0 Å². The lowest BCUT2D eigenvalue weighted by atomic mass is 10.2. The van der Waals surface area contributed by atoms with Crippen molar-refractivity contribution in [2.24, 2.45) is 0 Å². The van der Waals surface area contributed by atoms with Crippen LogP contribution in [0, 0.1) is 39.3 Å². The van der Waals surface area contributed by atoms with Gasteiger partial charge in [-0.3, -0.25) is 0 Å². The van der Waals surface area contributed by atoms with Crippen molar-refractivity contribution in [2.75, 3.05) is 14.2 Å². The third-order valence-corrected chi connectivity index (χ3v) is 27.8. The van der Waals surface area contributed by atoms with Crippen LogP contribution >= 0.6 is 11.8 Å². The number of methoxy groups -OCH3 is 2. The number of halogens is 2. The smallest absolute Gasteiger partial charge is 0.166 e. The van der Waals surface area contributed by atoms with E-state index in [9.17, 15) is 8.78 Å². The molecule has 16 aromatic carbocycles. The van der Waals surface area contributed by atoms with Crippen LogP contribution in [0.5, 0.6) is 46.0 Å². The van der Waals surface area contributed by atoms with Gasteiger partial charge in [0.25, 0.3) is 0 Å². The lowest BCUT2D eigenvalue weighted by molar-refractivity contribution is 0.414. The molecule has 596 valence electrons. The molecular weight excluding hydrogens is 1550 g/mol. The van der Waals surface area contributed by atoms with E-state index in [4.69, 9.17) is 23.7 Å². The third kappa shape index (κ3) is 25.6. The van der Waals surface area contributed by atoms with Crippen LogP contribution in [0.15, 0.2) is 481 Å².